The van der Waals surface area contributed by atoms with Crippen molar-refractivity contribution in [2.24, 2.45) is 5.92 Å². The molecule has 2 fully saturated rings. The zero-order valence-electron chi connectivity index (χ0n) is 15.2. The third-order valence-corrected chi connectivity index (χ3v) is 4.96. The number of rotatable bonds is 3. The van der Waals surface area contributed by atoms with E-state index in [1.807, 2.05) is 38.1 Å². The first-order chi connectivity index (χ1) is 11.9. The van der Waals surface area contributed by atoms with Crippen LogP contribution in [0.5, 0.6) is 5.75 Å². The van der Waals surface area contributed by atoms with Gasteiger partial charge in [0.1, 0.15) is 12.3 Å². The average Bonchev–Trinajstić information content (AvgIpc) is 2.60. The van der Waals surface area contributed by atoms with Gasteiger partial charge in [0, 0.05) is 31.3 Å². The molecule has 1 atom stereocenters. The Morgan fingerprint density at radius 3 is 2.56 bits per heavy atom. The highest BCUT2D eigenvalue weighted by Crippen LogP contribution is 2.30. The van der Waals surface area contributed by atoms with Crippen molar-refractivity contribution < 1.29 is 19.1 Å². The minimum absolute atomic E-state index is 0.0453. The predicted molar refractivity (Wildman–Crippen MR) is 94.7 cm³/mol. The van der Waals surface area contributed by atoms with E-state index in [2.05, 4.69) is 0 Å². The maximum atomic E-state index is 12.8. The first kappa shape index (κ1) is 17.7. The van der Waals surface area contributed by atoms with Crippen molar-refractivity contribution in [2.75, 3.05) is 38.3 Å². The smallest absolute Gasteiger partial charge is 0.246 e. The van der Waals surface area contributed by atoms with E-state index in [1.54, 1.807) is 16.9 Å². The van der Waals surface area contributed by atoms with Gasteiger partial charge in [-0.1, -0.05) is 0 Å². The minimum atomic E-state index is -0.270. The van der Waals surface area contributed by atoms with E-state index in [0.717, 1.165) is 17.9 Å². The summed E-state index contributed by atoms with van der Waals surface area (Å²) < 4.78 is 10.8. The molecule has 0 aromatic heterocycles. The van der Waals surface area contributed by atoms with Gasteiger partial charge in [-0.05, 0) is 51.0 Å². The maximum Gasteiger partial charge on any atom is 0.246 e. The molecule has 25 heavy (non-hydrogen) atoms. The number of hydrogen-bond donors (Lipinski definition) is 0. The van der Waals surface area contributed by atoms with Crippen molar-refractivity contribution >= 4 is 17.5 Å². The molecule has 0 bridgehead atoms. The van der Waals surface area contributed by atoms with Crippen LogP contribution in [0.15, 0.2) is 24.3 Å². The number of methoxy groups -OCH3 is 1. The number of carbonyl (C=O) groups excluding carboxylic acids is 2. The minimum Gasteiger partial charge on any atom is -0.497 e. The highest BCUT2D eigenvalue weighted by Gasteiger charge is 2.37. The zero-order valence-corrected chi connectivity index (χ0v) is 15.2. The fourth-order valence-corrected chi connectivity index (χ4v) is 3.60. The molecule has 136 valence electrons. The second kappa shape index (κ2) is 7.04. The van der Waals surface area contributed by atoms with Crippen LogP contribution in [0.2, 0.25) is 0 Å². The SMILES string of the molecule is COc1ccc(N2CCN(C(=O)[C@@H]3CCOC(C)(C)C3)CC2=O)cc1. The molecule has 6 nitrogen and oxygen atoms in total. The molecule has 1 aromatic rings. The van der Waals surface area contributed by atoms with Crippen LogP contribution in [-0.2, 0) is 14.3 Å². The second-order valence-corrected chi connectivity index (χ2v) is 7.30. The summed E-state index contributed by atoms with van der Waals surface area (Å²) in [5.41, 5.74) is 0.568. The van der Waals surface area contributed by atoms with Crippen LogP contribution in [0.1, 0.15) is 26.7 Å². The third-order valence-electron chi connectivity index (χ3n) is 4.96. The molecule has 2 heterocycles. The fourth-order valence-electron chi connectivity index (χ4n) is 3.60. The molecule has 0 spiro atoms. The van der Waals surface area contributed by atoms with E-state index < -0.39 is 0 Å². The Balaban J connectivity index is 1.63. The van der Waals surface area contributed by atoms with Gasteiger partial charge >= 0.3 is 0 Å². The molecule has 2 aliphatic rings. The van der Waals surface area contributed by atoms with Crippen molar-refractivity contribution in [3.8, 4) is 5.75 Å². The quantitative estimate of drug-likeness (QED) is 0.841. The molecule has 2 saturated heterocycles. The number of nitrogens with zero attached hydrogens (tertiary/aromatic N) is 2. The summed E-state index contributed by atoms with van der Waals surface area (Å²) in [6, 6.07) is 7.42. The first-order valence-corrected chi connectivity index (χ1v) is 8.77. The van der Waals surface area contributed by atoms with Crippen LogP contribution >= 0.6 is 0 Å². The second-order valence-electron chi connectivity index (χ2n) is 7.30. The van der Waals surface area contributed by atoms with Gasteiger partial charge in [0.15, 0.2) is 0 Å². The Kier molecular flexibility index (Phi) is 4.99. The highest BCUT2D eigenvalue weighted by molar-refractivity contribution is 5.98. The number of anilines is 1. The van der Waals surface area contributed by atoms with Crippen molar-refractivity contribution in [2.45, 2.75) is 32.3 Å². The Hall–Kier alpha value is -2.08. The molecule has 6 heteroatoms. The lowest BCUT2D eigenvalue weighted by Crippen LogP contribution is -2.54. The van der Waals surface area contributed by atoms with Crippen LogP contribution in [0.4, 0.5) is 5.69 Å². The van der Waals surface area contributed by atoms with E-state index in [0.29, 0.717) is 26.1 Å². The van der Waals surface area contributed by atoms with Gasteiger partial charge in [-0.25, -0.2) is 0 Å². The summed E-state index contributed by atoms with van der Waals surface area (Å²) in [5.74, 6) is 0.742. The molecular weight excluding hydrogens is 320 g/mol. The lowest BCUT2D eigenvalue weighted by molar-refractivity contribution is -0.148. The number of ether oxygens (including phenoxy) is 2. The molecule has 1 aromatic carbocycles. The van der Waals surface area contributed by atoms with Gasteiger partial charge in [-0.15, -0.1) is 0 Å². The Morgan fingerprint density at radius 2 is 1.96 bits per heavy atom. The van der Waals surface area contributed by atoms with Crippen LogP contribution in [0, 0.1) is 5.92 Å². The monoisotopic (exact) mass is 346 g/mol. The maximum absolute atomic E-state index is 12.8. The molecule has 0 N–H and O–H groups in total. The van der Waals surface area contributed by atoms with E-state index in [4.69, 9.17) is 9.47 Å². The Morgan fingerprint density at radius 1 is 1.24 bits per heavy atom. The first-order valence-electron chi connectivity index (χ1n) is 8.77. The summed E-state index contributed by atoms with van der Waals surface area (Å²) in [5, 5.41) is 0. The average molecular weight is 346 g/mol. The van der Waals surface area contributed by atoms with Crippen LogP contribution in [0.3, 0.4) is 0 Å². The molecule has 3 rings (SSSR count). The number of hydrogen-bond acceptors (Lipinski definition) is 4. The summed E-state index contributed by atoms with van der Waals surface area (Å²) >= 11 is 0. The van der Waals surface area contributed by atoms with Gasteiger partial charge < -0.3 is 19.3 Å². The largest absolute Gasteiger partial charge is 0.497 e. The molecule has 0 saturated carbocycles. The standard InChI is InChI=1S/C19H26N2O4/c1-19(2)12-14(8-11-25-19)18(23)20-9-10-21(17(22)13-20)15-4-6-16(24-3)7-5-15/h4-7,14H,8-13H2,1-3H3/t14-/m1/s1. The Labute approximate surface area is 148 Å². The van der Waals surface area contributed by atoms with Crippen molar-refractivity contribution in [3.63, 3.8) is 0 Å². The topological polar surface area (TPSA) is 59.1 Å². The number of benzene rings is 1. The van der Waals surface area contributed by atoms with Crippen molar-refractivity contribution in [1.29, 1.82) is 0 Å². The van der Waals surface area contributed by atoms with E-state index in [9.17, 15) is 9.59 Å². The zero-order chi connectivity index (χ0) is 18.0. The van der Waals surface area contributed by atoms with Crippen molar-refractivity contribution in [1.82, 2.24) is 4.90 Å². The molecule has 2 amide bonds. The van der Waals surface area contributed by atoms with Gasteiger partial charge in [-0.2, -0.15) is 0 Å². The lowest BCUT2D eigenvalue weighted by atomic mass is 9.87. The summed E-state index contributed by atoms with van der Waals surface area (Å²) in [7, 11) is 1.61. The van der Waals surface area contributed by atoms with Crippen LogP contribution < -0.4 is 9.64 Å². The third kappa shape index (κ3) is 3.95. The number of carbonyl (C=O) groups is 2. The molecule has 0 unspecified atom stereocenters. The van der Waals surface area contributed by atoms with E-state index in [-0.39, 0.29) is 29.9 Å². The molecular formula is C19H26N2O4. The molecule has 2 aliphatic heterocycles. The van der Waals surface area contributed by atoms with E-state index in [1.165, 1.54) is 0 Å². The Bertz CT molecular complexity index is 641. The van der Waals surface area contributed by atoms with E-state index >= 15 is 0 Å². The van der Waals surface area contributed by atoms with Crippen LogP contribution in [-0.4, -0.2) is 55.7 Å². The van der Waals surface area contributed by atoms with Gasteiger partial charge in [0.05, 0.1) is 12.7 Å². The summed E-state index contributed by atoms with van der Waals surface area (Å²) in [6.45, 7) is 5.85. The highest BCUT2D eigenvalue weighted by atomic mass is 16.5. The molecule has 0 aliphatic carbocycles. The molecule has 0 radical (unpaired) electrons. The lowest BCUT2D eigenvalue weighted by Gasteiger charge is -2.39. The fraction of sp³-hybridized carbons (Fsp3) is 0.579. The van der Waals surface area contributed by atoms with Crippen LogP contribution in [0.25, 0.3) is 0 Å². The summed E-state index contributed by atoms with van der Waals surface area (Å²) in [4.78, 5) is 28.8. The van der Waals surface area contributed by atoms with Gasteiger partial charge in [0.25, 0.3) is 0 Å². The van der Waals surface area contributed by atoms with Crippen molar-refractivity contribution in [3.05, 3.63) is 24.3 Å². The summed E-state index contributed by atoms with van der Waals surface area (Å²) in [6.07, 6.45) is 1.44. The normalized spacial score (nSPS) is 23.5. The van der Waals surface area contributed by atoms with Gasteiger partial charge in [-0.3, -0.25) is 9.59 Å². The number of amides is 2. The number of piperazine rings is 1. The predicted octanol–water partition coefficient (Wildman–Crippen LogP) is 2.08. The van der Waals surface area contributed by atoms with Gasteiger partial charge in [0.2, 0.25) is 11.8 Å².